The van der Waals surface area contributed by atoms with Crippen molar-refractivity contribution in [3.05, 3.63) is 44.0 Å². The SMILES string of the molecule is O=c1ccc2ccc(F)c(I)c2[nH]1. The highest BCUT2D eigenvalue weighted by Gasteiger charge is 2.04. The van der Waals surface area contributed by atoms with Gasteiger partial charge in [0.15, 0.2) is 0 Å². The Bertz CT molecular complexity index is 520. The molecule has 2 aromatic rings. The molecule has 0 aliphatic carbocycles. The first-order valence-electron chi connectivity index (χ1n) is 3.65. The predicted molar refractivity (Wildman–Crippen MR) is 57.2 cm³/mol. The summed E-state index contributed by atoms with van der Waals surface area (Å²) in [7, 11) is 0. The molecule has 0 unspecified atom stereocenters. The van der Waals surface area contributed by atoms with Gasteiger partial charge in [-0.05, 0) is 46.2 Å². The third kappa shape index (κ3) is 1.46. The second kappa shape index (κ2) is 3.10. The summed E-state index contributed by atoms with van der Waals surface area (Å²) in [4.78, 5) is 13.6. The first kappa shape index (κ1) is 8.68. The fourth-order valence-corrected chi connectivity index (χ4v) is 1.79. The normalized spacial score (nSPS) is 10.6. The Balaban J connectivity index is 2.97. The molecule has 2 nitrogen and oxygen atoms in total. The second-order valence-corrected chi connectivity index (χ2v) is 3.73. The van der Waals surface area contributed by atoms with Crippen LogP contribution in [-0.4, -0.2) is 4.98 Å². The van der Waals surface area contributed by atoms with Gasteiger partial charge >= 0.3 is 0 Å². The standard InChI is InChI=1S/C9H5FINO/c10-6-3-1-5-2-4-7(13)12-9(5)8(6)11/h1-4H,(H,12,13). The number of rotatable bonds is 0. The highest BCUT2D eigenvalue weighted by atomic mass is 127. The lowest BCUT2D eigenvalue weighted by Crippen LogP contribution is -2.03. The lowest BCUT2D eigenvalue weighted by atomic mass is 10.2. The van der Waals surface area contributed by atoms with Crippen molar-refractivity contribution in [2.24, 2.45) is 0 Å². The van der Waals surface area contributed by atoms with Gasteiger partial charge < -0.3 is 4.98 Å². The third-order valence-corrected chi connectivity index (χ3v) is 2.84. The first-order chi connectivity index (χ1) is 6.18. The molecule has 1 heterocycles. The van der Waals surface area contributed by atoms with Crippen LogP contribution in [0.4, 0.5) is 4.39 Å². The molecule has 0 radical (unpaired) electrons. The molecule has 2 rings (SSSR count). The largest absolute Gasteiger partial charge is 0.321 e. The van der Waals surface area contributed by atoms with Crippen molar-refractivity contribution >= 4 is 33.5 Å². The topological polar surface area (TPSA) is 32.9 Å². The van der Waals surface area contributed by atoms with Gasteiger partial charge in [0.25, 0.3) is 0 Å². The van der Waals surface area contributed by atoms with E-state index >= 15 is 0 Å². The predicted octanol–water partition coefficient (Wildman–Crippen LogP) is 2.27. The molecule has 1 aromatic carbocycles. The number of aromatic amines is 1. The summed E-state index contributed by atoms with van der Waals surface area (Å²) < 4.78 is 13.5. The van der Waals surface area contributed by atoms with Crippen LogP contribution in [0.2, 0.25) is 0 Å². The molecule has 4 heteroatoms. The average Bonchev–Trinajstić information content (AvgIpc) is 2.12. The number of pyridine rings is 1. The van der Waals surface area contributed by atoms with Crippen molar-refractivity contribution in [3.8, 4) is 0 Å². The van der Waals surface area contributed by atoms with E-state index in [4.69, 9.17) is 0 Å². The maximum atomic E-state index is 13.1. The van der Waals surface area contributed by atoms with Crippen molar-refractivity contribution < 1.29 is 4.39 Å². The molecule has 0 amide bonds. The lowest BCUT2D eigenvalue weighted by Gasteiger charge is -2.00. The van der Waals surface area contributed by atoms with Crippen LogP contribution in [0.15, 0.2) is 29.1 Å². The van der Waals surface area contributed by atoms with E-state index < -0.39 is 0 Å². The minimum absolute atomic E-state index is 0.212. The number of nitrogens with one attached hydrogen (secondary N) is 1. The van der Waals surface area contributed by atoms with Crippen LogP contribution in [0.3, 0.4) is 0 Å². The van der Waals surface area contributed by atoms with Gasteiger partial charge in [0.2, 0.25) is 5.56 Å². The van der Waals surface area contributed by atoms with Gasteiger partial charge in [-0.3, -0.25) is 4.79 Å². The number of fused-ring (bicyclic) bond motifs is 1. The van der Waals surface area contributed by atoms with Crippen LogP contribution >= 0.6 is 22.6 Å². The van der Waals surface area contributed by atoms with Gasteiger partial charge in [-0.1, -0.05) is 0 Å². The van der Waals surface area contributed by atoms with Crippen LogP contribution in [0.25, 0.3) is 10.9 Å². The smallest absolute Gasteiger partial charge is 0.248 e. The second-order valence-electron chi connectivity index (χ2n) is 2.65. The molecule has 0 bridgehead atoms. The molecule has 0 atom stereocenters. The zero-order chi connectivity index (χ0) is 9.42. The Morgan fingerprint density at radius 1 is 1.23 bits per heavy atom. The zero-order valence-electron chi connectivity index (χ0n) is 6.47. The molecule has 13 heavy (non-hydrogen) atoms. The van der Waals surface area contributed by atoms with Crippen molar-refractivity contribution in [2.45, 2.75) is 0 Å². The van der Waals surface area contributed by atoms with E-state index in [9.17, 15) is 9.18 Å². The minimum atomic E-state index is -0.310. The highest BCUT2D eigenvalue weighted by Crippen LogP contribution is 2.19. The Morgan fingerprint density at radius 3 is 2.69 bits per heavy atom. The molecule has 0 aliphatic heterocycles. The number of benzene rings is 1. The monoisotopic (exact) mass is 289 g/mol. The molecular formula is C9H5FINO. The molecule has 0 spiro atoms. The number of aromatic nitrogens is 1. The summed E-state index contributed by atoms with van der Waals surface area (Å²) in [5.41, 5.74) is 0.351. The van der Waals surface area contributed by atoms with E-state index in [1.54, 1.807) is 12.1 Å². The van der Waals surface area contributed by atoms with Crippen LogP contribution in [-0.2, 0) is 0 Å². The van der Waals surface area contributed by atoms with Crippen LogP contribution in [0, 0.1) is 9.39 Å². The van der Waals surface area contributed by atoms with Crippen molar-refractivity contribution in [1.29, 1.82) is 0 Å². The molecular weight excluding hydrogens is 284 g/mol. The summed E-state index contributed by atoms with van der Waals surface area (Å²) in [6.45, 7) is 0. The van der Waals surface area contributed by atoms with Gasteiger partial charge in [0.1, 0.15) is 5.82 Å². The van der Waals surface area contributed by atoms with E-state index in [0.717, 1.165) is 5.39 Å². The van der Waals surface area contributed by atoms with Crippen molar-refractivity contribution in [3.63, 3.8) is 0 Å². The molecule has 0 fully saturated rings. The lowest BCUT2D eigenvalue weighted by molar-refractivity contribution is 0.622. The summed E-state index contributed by atoms with van der Waals surface area (Å²) in [5.74, 6) is -0.310. The highest BCUT2D eigenvalue weighted by molar-refractivity contribution is 14.1. The quantitative estimate of drug-likeness (QED) is 0.741. The van der Waals surface area contributed by atoms with Gasteiger partial charge in [0.05, 0.1) is 9.09 Å². The number of hydrogen-bond donors (Lipinski definition) is 1. The van der Waals surface area contributed by atoms with Crippen LogP contribution in [0.5, 0.6) is 0 Å². The van der Waals surface area contributed by atoms with Gasteiger partial charge in [-0.15, -0.1) is 0 Å². The zero-order valence-corrected chi connectivity index (χ0v) is 8.63. The Hall–Kier alpha value is -0.910. The third-order valence-electron chi connectivity index (χ3n) is 1.79. The van der Waals surface area contributed by atoms with E-state index in [0.29, 0.717) is 9.09 Å². The average molecular weight is 289 g/mol. The fraction of sp³-hybridized carbons (Fsp3) is 0. The van der Waals surface area contributed by atoms with E-state index in [-0.39, 0.29) is 11.4 Å². The van der Waals surface area contributed by atoms with Crippen LogP contribution < -0.4 is 5.56 Å². The van der Waals surface area contributed by atoms with E-state index in [1.165, 1.54) is 12.1 Å². The van der Waals surface area contributed by atoms with Gasteiger partial charge in [0, 0.05) is 6.07 Å². The summed E-state index contributed by atoms with van der Waals surface area (Å²) >= 11 is 1.87. The summed E-state index contributed by atoms with van der Waals surface area (Å²) in [6.07, 6.45) is 0. The summed E-state index contributed by atoms with van der Waals surface area (Å²) in [5, 5.41) is 0.838. The summed E-state index contributed by atoms with van der Waals surface area (Å²) in [6, 6.07) is 6.14. The maximum Gasteiger partial charge on any atom is 0.248 e. The van der Waals surface area contributed by atoms with E-state index in [1.807, 2.05) is 22.6 Å². The van der Waals surface area contributed by atoms with E-state index in [2.05, 4.69) is 4.98 Å². The Morgan fingerprint density at radius 2 is 1.92 bits per heavy atom. The van der Waals surface area contributed by atoms with Crippen molar-refractivity contribution in [1.82, 2.24) is 4.98 Å². The molecule has 0 aliphatic rings. The van der Waals surface area contributed by atoms with Gasteiger partial charge in [-0.25, -0.2) is 4.39 Å². The number of hydrogen-bond acceptors (Lipinski definition) is 1. The Kier molecular flexibility index (Phi) is 2.07. The molecule has 66 valence electrons. The van der Waals surface area contributed by atoms with Crippen LogP contribution in [0.1, 0.15) is 0 Å². The first-order valence-corrected chi connectivity index (χ1v) is 4.73. The minimum Gasteiger partial charge on any atom is -0.321 e. The number of halogens is 2. The number of H-pyrrole nitrogens is 1. The van der Waals surface area contributed by atoms with Gasteiger partial charge in [-0.2, -0.15) is 0 Å². The molecule has 0 saturated heterocycles. The molecule has 1 N–H and O–H groups in total. The molecule has 1 aromatic heterocycles. The fourth-order valence-electron chi connectivity index (χ4n) is 1.16. The maximum absolute atomic E-state index is 13.1. The molecule has 0 saturated carbocycles. The Labute approximate surface area is 86.9 Å². The van der Waals surface area contributed by atoms with Crippen molar-refractivity contribution in [2.75, 3.05) is 0 Å².